The van der Waals surface area contributed by atoms with Gasteiger partial charge in [0.05, 0.1) is 0 Å². The zero-order valence-corrected chi connectivity index (χ0v) is 7.29. The third-order valence-corrected chi connectivity index (χ3v) is 1.34. The lowest BCUT2D eigenvalue weighted by molar-refractivity contribution is 0.233. The number of halogens is 2. The summed E-state index contributed by atoms with van der Waals surface area (Å²) in [5, 5.41) is 8.85. The Kier molecular flexibility index (Phi) is 3.45. The Hall–Kier alpha value is 0.920. The minimum Gasteiger partial charge on any atom is -0.369 e. The highest BCUT2D eigenvalue weighted by molar-refractivity contribution is 9.25. The molecule has 0 radical (unpaired) electrons. The van der Waals surface area contributed by atoms with Crippen molar-refractivity contribution in [3.63, 3.8) is 0 Å². The molecular formula is C4H8Br2O. The van der Waals surface area contributed by atoms with Crippen LogP contribution in [0.5, 0.6) is 0 Å². The van der Waals surface area contributed by atoms with Crippen molar-refractivity contribution in [1.82, 2.24) is 0 Å². The van der Waals surface area contributed by atoms with Gasteiger partial charge in [-0.3, -0.25) is 0 Å². The Morgan fingerprint density at radius 2 is 2.00 bits per heavy atom. The Bertz CT molecular complexity index is 48.1. The Morgan fingerprint density at radius 3 is 2.00 bits per heavy atom. The van der Waals surface area contributed by atoms with E-state index in [0.29, 0.717) is 0 Å². The third kappa shape index (κ3) is 6.92. The molecular weight excluding hydrogens is 224 g/mol. The first-order valence-corrected chi connectivity index (χ1v) is 3.75. The van der Waals surface area contributed by atoms with E-state index in [1.54, 1.807) is 0 Å². The molecule has 0 fully saturated rings. The number of aliphatic hydroxyl groups is 1. The molecule has 0 aliphatic rings. The van der Waals surface area contributed by atoms with Crippen LogP contribution in [0.2, 0.25) is 0 Å². The van der Waals surface area contributed by atoms with Gasteiger partial charge < -0.3 is 5.11 Å². The van der Waals surface area contributed by atoms with Gasteiger partial charge in [0, 0.05) is 0 Å². The molecule has 0 saturated carbocycles. The van der Waals surface area contributed by atoms with Crippen LogP contribution in [0.1, 0.15) is 19.8 Å². The van der Waals surface area contributed by atoms with Crippen molar-refractivity contribution < 1.29 is 5.11 Å². The van der Waals surface area contributed by atoms with E-state index in [2.05, 4.69) is 31.9 Å². The normalized spacial score (nSPS) is 12.0. The average Bonchev–Trinajstić information content (AvgIpc) is 1.30. The highest BCUT2D eigenvalue weighted by Gasteiger charge is 2.14. The second kappa shape index (κ2) is 3.05. The molecule has 0 bridgehead atoms. The van der Waals surface area contributed by atoms with E-state index in [0.717, 1.165) is 12.8 Å². The quantitative estimate of drug-likeness (QED) is 0.723. The van der Waals surface area contributed by atoms with Gasteiger partial charge >= 0.3 is 0 Å². The van der Waals surface area contributed by atoms with Gasteiger partial charge in [0.1, 0.15) is 0 Å². The molecule has 0 heterocycles. The van der Waals surface area contributed by atoms with Crippen LogP contribution in [0.3, 0.4) is 0 Å². The molecule has 3 heteroatoms. The number of alkyl halides is 2. The van der Waals surface area contributed by atoms with Gasteiger partial charge in [0.15, 0.2) is 3.42 Å². The summed E-state index contributed by atoms with van der Waals surface area (Å²) < 4.78 is -0.825. The maximum absolute atomic E-state index is 8.85. The second-order valence-corrected chi connectivity index (χ2v) is 5.10. The van der Waals surface area contributed by atoms with Crippen LogP contribution < -0.4 is 0 Å². The molecule has 0 atom stereocenters. The predicted octanol–water partition coefficient (Wildman–Crippen LogP) is 2.22. The molecule has 0 amide bonds. The third-order valence-electron chi connectivity index (χ3n) is 0.551. The smallest absolute Gasteiger partial charge is 0.174 e. The van der Waals surface area contributed by atoms with Crippen molar-refractivity contribution >= 4 is 31.9 Å². The lowest BCUT2D eigenvalue weighted by atomic mass is 10.4. The molecule has 7 heavy (non-hydrogen) atoms. The number of hydrogen-bond acceptors (Lipinski definition) is 1. The van der Waals surface area contributed by atoms with Gasteiger partial charge in [-0.2, -0.15) is 0 Å². The molecule has 0 aromatic rings. The maximum atomic E-state index is 8.85. The lowest BCUT2D eigenvalue weighted by Gasteiger charge is -2.08. The fourth-order valence-corrected chi connectivity index (χ4v) is 1.09. The molecule has 1 N–H and O–H groups in total. The maximum Gasteiger partial charge on any atom is 0.174 e. The molecule has 0 aliphatic carbocycles. The van der Waals surface area contributed by atoms with Crippen LogP contribution in [0, 0.1) is 0 Å². The van der Waals surface area contributed by atoms with E-state index in [1.165, 1.54) is 0 Å². The molecule has 0 spiro atoms. The highest BCUT2D eigenvalue weighted by atomic mass is 79.9. The summed E-state index contributed by atoms with van der Waals surface area (Å²) in [7, 11) is 0. The Labute approximate surface area is 60.4 Å². The molecule has 0 rings (SSSR count). The average molecular weight is 232 g/mol. The van der Waals surface area contributed by atoms with Crippen LogP contribution in [-0.4, -0.2) is 8.53 Å². The van der Waals surface area contributed by atoms with Gasteiger partial charge in [-0.25, -0.2) is 0 Å². The van der Waals surface area contributed by atoms with Crippen molar-refractivity contribution in [3.05, 3.63) is 0 Å². The first-order valence-electron chi connectivity index (χ1n) is 2.16. The first kappa shape index (κ1) is 7.92. The molecule has 0 aromatic heterocycles. The molecule has 0 unspecified atom stereocenters. The Balaban J connectivity index is 3.15. The molecule has 44 valence electrons. The largest absolute Gasteiger partial charge is 0.369 e. The van der Waals surface area contributed by atoms with Crippen LogP contribution in [0.4, 0.5) is 0 Å². The molecule has 1 nitrogen and oxygen atoms in total. The summed E-state index contributed by atoms with van der Waals surface area (Å²) in [6, 6.07) is 0. The first-order chi connectivity index (χ1) is 3.06. The minimum absolute atomic E-state index is 0.729. The van der Waals surface area contributed by atoms with Gasteiger partial charge in [0.2, 0.25) is 0 Å². The van der Waals surface area contributed by atoms with E-state index in [9.17, 15) is 0 Å². The van der Waals surface area contributed by atoms with E-state index in [1.807, 2.05) is 6.92 Å². The zero-order chi connectivity index (χ0) is 5.91. The predicted molar refractivity (Wildman–Crippen MR) is 37.7 cm³/mol. The van der Waals surface area contributed by atoms with Crippen molar-refractivity contribution in [2.75, 3.05) is 0 Å². The van der Waals surface area contributed by atoms with Gasteiger partial charge in [-0.1, -0.05) is 13.3 Å². The van der Waals surface area contributed by atoms with E-state index in [-0.39, 0.29) is 0 Å². The topological polar surface area (TPSA) is 20.2 Å². The summed E-state index contributed by atoms with van der Waals surface area (Å²) in [6.45, 7) is 2.01. The van der Waals surface area contributed by atoms with Crippen LogP contribution in [-0.2, 0) is 0 Å². The highest BCUT2D eigenvalue weighted by Crippen LogP contribution is 2.26. The number of rotatable bonds is 2. The molecule has 0 aromatic carbocycles. The van der Waals surface area contributed by atoms with Gasteiger partial charge in [-0.15, -0.1) is 0 Å². The van der Waals surface area contributed by atoms with Crippen molar-refractivity contribution in [2.24, 2.45) is 0 Å². The standard InChI is InChI=1S/C4H8Br2O/c1-2-3-4(5,6)7/h7H,2-3H2,1H3. The second-order valence-electron chi connectivity index (χ2n) is 1.42. The Morgan fingerprint density at radius 1 is 1.57 bits per heavy atom. The van der Waals surface area contributed by atoms with E-state index < -0.39 is 3.42 Å². The van der Waals surface area contributed by atoms with Gasteiger partial charge in [-0.05, 0) is 38.3 Å². The van der Waals surface area contributed by atoms with Crippen LogP contribution >= 0.6 is 31.9 Å². The fraction of sp³-hybridized carbons (Fsp3) is 1.00. The fourth-order valence-electron chi connectivity index (χ4n) is 0.301. The number of hydrogen-bond donors (Lipinski definition) is 1. The molecule has 0 saturated heterocycles. The van der Waals surface area contributed by atoms with Crippen molar-refractivity contribution in [3.8, 4) is 0 Å². The van der Waals surface area contributed by atoms with Gasteiger partial charge in [0.25, 0.3) is 0 Å². The monoisotopic (exact) mass is 230 g/mol. The van der Waals surface area contributed by atoms with Crippen LogP contribution in [0.15, 0.2) is 0 Å². The zero-order valence-electron chi connectivity index (χ0n) is 4.12. The lowest BCUT2D eigenvalue weighted by Crippen LogP contribution is -2.06. The summed E-state index contributed by atoms with van der Waals surface area (Å²) in [6.07, 6.45) is 1.69. The minimum atomic E-state index is -0.825. The molecule has 0 aliphatic heterocycles. The van der Waals surface area contributed by atoms with Crippen molar-refractivity contribution in [1.29, 1.82) is 0 Å². The van der Waals surface area contributed by atoms with E-state index >= 15 is 0 Å². The van der Waals surface area contributed by atoms with E-state index in [4.69, 9.17) is 5.11 Å². The summed E-state index contributed by atoms with van der Waals surface area (Å²) in [4.78, 5) is 0. The van der Waals surface area contributed by atoms with Crippen molar-refractivity contribution in [2.45, 2.75) is 23.2 Å². The summed E-state index contributed by atoms with van der Waals surface area (Å²) in [5.74, 6) is 0. The summed E-state index contributed by atoms with van der Waals surface area (Å²) in [5.41, 5.74) is 0. The summed E-state index contributed by atoms with van der Waals surface area (Å²) >= 11 is 6.02. The van der Waals surface area contributed by atoms with Crippen LogP contribution in [0.25, 0.3) is 0 Å². The SMILES string of the molecule is CCCC(O)(Br)Br.